The maximum absolute atomic E-state index is 10.4. The molecule has 0 radical (unpaired) electrons. The van der Waals surface area contributed by atoms with Crippen molar-refractivity contribution in [2.24, 2.45) is 4.99 Å². The molecule has 4 heteroatoms. The van der Waals surface area contributed by atoms with E-state index < -0.39 is 0 Å². The van der Waals surface area contributed by atoms with Crippen LogP contribution in [0.1, 0.15) is 13.3 Å². The van der Waals surface area contributed by atoms with Gasteiger partial charge >= 0.3 is 0 Å². The second kappa shape index (κ2) is 2.48. The highest BCUT2D eigenvalue weighted by Crippen LogP contribution is 1.85. The maximum atomic E-state index is 10.4. The van der Waals surface area contributed by atoms with Crippen LogP contribution >= 0.6 is 0 Å². The zero-order valence-electron chi connectivity index (χ0n) is 5.27. The van der Waals surface area contributed by atoms with Crippen LogP contribution in [0.4, 0.5) is 0 Å². The normalized spacial score (nSPS) is 17.9. The summed E-state index contributed by atoms with van der Waals surface area (Å²) in [6, 6.07) is 0. The lowest BCUT2D eigenvalue weighted by molar-refractivity contribution is -0.120. The zero-order chi connectivity index (χ0) is 6.69. The van der Waals surface area contributed by atoms with Gasteiger partial charge in [-0.2, -0.15) is 0 Å². The van der Waals surface area contributed by atoms with Gasteiger partial charge < -0.3 is 0 Å². The average molecular weight is 127 g/mol. The minimum atomic E-state index is -0.0767. The maximum Gasteiger partial charge on any atom is 0.260 e. The first-order valence-corrected chi connectivity index (χ1v) is 2.91. The molecule has 0 spiro atoms. The van der Waals surface area contributed by atoms with Gasteiger partial charge in [-0.05, 0) is 0 Å². The van der Waals surface area contributed by atoms with Crippen LogP contribution in [0.3, 0.4) is 0 Å². The third-order valence-corrected chi connectivity index (χ3v) is 1.09. The number of amidine groups is 1. The molecule has 0 aliphatic carbocycles. The Morgan fingerprint density at radius 2 is 2.44 bits per heavy atom. The number of nitrogens with one attached hydrogen (secondary N) is 2. The van der Waals surface area contributed by atoms with Crippen molar-refractivity contribution in [2.45, 2.75) is 13.3 Å². The smallest absolute Gasteiger partial charge is 0.260 e. The molecule has 0 saturated heterocycles. The van der Waals surface area contributed by atoms with E-state index in [0.29, 0.717) is 0 Å². The van der Waals surface area contributed by atoms with Crippen LogP contribution in [0.25, 0.3) is 0 Å². The lowest BCUT2D eigenvalue weighted by Crippen LogP contribution is -2.46. The zero-order valence-corrected chi connectivity index (χ0v) is 5.27. The Hall–Kier alpha value is -1.06. The van der Waals surface area contributed by atoms with E-state index in [4.69, 9.17) is 0 Å². The largest absolute Gasteiger partial charge is 0.286 e. The Labute approximate surface area is 53.3 Å². The summed E-state index contributed by atoms with van der Waals surface area (Å²) in [5.74, 6) is 0.766. The first kappa shape index (κ1) is 6.07. The number of carbonyl (C=O) groups is 1. The minimum Gasteiger partial charge on any atom is -0.286 e. The van der Waals surface area contributed by atoms with Crippen LogP contribution in [0, 0.1) is 0 Å². The number of hydrazine groups is 1. The molecule has 0 aromatic heterocycles. The number of nitrogens with zero attached hydrogens (tertiary/aromatic N) is 1. The van der Waals surface area contributed by atoms with E-state index in [9.17, 15) is 4.79 Å². The van der Waals surface area contributed by atoms with Crippen molar-refractivity contribution in [2.75, 3.05) is 6.54 Å². The van der Waals surface area contributed by atoms with Crippen LogP contribution in [0.15, 0.2) is 4.99 Å². The van der Waals surface area contributed by atoms with Crippen LogP contribution in [-0.2, 0) is 4.79 Å². The predicted octanol–water partition coefficient (Wildman–Crippen LogP) is -0.571. The lowest BCUT2D eigenvalue weighted by Gasteiger charge is -2.13. The fraction of sp³-hybridized carbons (Fsp3) is 0.600. The quantitative estimate of drug-likeness (QED) is 0.495. The molecule has 0 fully saturated rings. The molecule has 0 bridgehead atoms. The van der Waals surface area contributed by atoms with Crippen molar-refractivity contribution < 1.29 is 4.79 Å². The molecular weight excluding hydrogens is 118 g/mol. The monoisotopic (exact) mass is 127 g/mol. The molecule has 1 amide bonds. The Bertz CT molecular complexity index is 152. The van der Waals surface area contributed by atoms with E-state index >= 15 is 0 Å². The minimum absolute atomic E-state index is 0.0767. The van der Waals surface area contributed by atoms with Gasteiger partial charge in [-0.3, -0.25) is 20.6 Å². The molecule has 0 unspecified atom stereocenters. The topological polar surface area (TPSA) is 53.5 Å². The highest BCUT2D eigenvalue weighted by Gasteiger charge is 2.05. The summed E-state index contributed by atoms with van der Waals surface area (Å²) in [6.07, 6.45) is 0.834. The van der Waals surface area contributed by atoms with Crippen molar-refractivity contribution in [1.29, 1.82) is 0 Å². The lowest BCUT2D eigenvalue weighted by atomic mass is 10.4. The molecule has 1 heterocycles. The molecule has 1 rings (SSSR count). The van der Waals surface area contributed by atoms with Crippen LogP contribution in [0.2, 0.25) is 0 Å². The number of amides is 1. The summed E-state index contributed by atoms with van der Waals surface area (Å²) in [5.41, 5.74) is 5.13. The van der Waals surface area contributed by atoms with Crippen LogP contribution < -0.4 is 10.9 Å². The summed E-state index contributed by atoms with van der Waals surface area (Å²) >= 11 is 0. The van der Waals surface area contributed by atoms with Gasteiger partial charge in [0, 0.05) is 6.42 Å². The standard InChI is InChI=1S/C5H9N3O/c1-2-4-6-3-5(9)8-7-4/h2-3H2,1H3,(H,6,7)(H,8,9). The summed E-state index contributed by atoms with van der Waals surface area (Å²) in [4.78, 5) is 14.4. The van der Waals surface area contributed by atoms with Gasteiger partial charge in [0.2, 0.25) is 0 Å². The van der Waals surface area contributed by atoms with Crippen LogP contribution in [0.5, 0.6) is 0 Å². The molecule has 9 heavy (non-hydrogen) atoms. The van der Waals surface area contributed by atoms with E-state index in [0.717, 1.165) is 12.3 Å². The van der Waals surface area contributed by atoms with E-state index in [1.807, 2.05) is 6.92 Å². The van der Waals surface area contributed by atoms with Gasteiger partial charge in [-0.25, -0.2) is 0 Å². The highest BCUT2D eigenvalue weighted by molar-refractivity contribution is 5.91. The van der Waals surface area contributed by atoms with Crippen molar-refractivity contribution in [3.05, 3.63) is 0 Å². The number of rotatable bonds is 1. The molecule has 2 N–H and O–H groups in total. The van der Waals surface area contributed by atoms with E-state index in [-0.39, 0.29) is 12.5 Å². The Morgan fingerprint density at radius 1 is 1.67 bits per heavy atom. The van der Waals surface area contributed by atoms with E-state index in [2.05, 4.69) is 15.8 Å². The van der Waals surface area contributed by atoms with Gasteiger partial charge in [-0.15, -0.1) is 0 Å². The SMILES string of the molecule is CCC1=NCC(=O)NN1. The van der Waals surface area contributed by atoms with Gasteiger partial charge in [0.25, 0.3) is 5.91 Å². The van der Waals surface area contributed by atoms with Gasteiger partial charge in [0.15, 0.2) is 0 Å². The van der Waals surface area contributed by atoms with Crippen molar-refractivity contribution in [3.63, 3.8) is 0 Å². The van der Waals surface area contributed by atoms with E-state index in [1.165, 1.54) is 0 Å². The first-order valence-electron chi connectivity index (χ1n) is 2.91. The van der Waals surface area contributed by atoms with Crippen molar-refractivity contribution in [1.82, 2.24) is 10.9 Å². The summed E-state index contributed by atoms with van der Waals surface area (Å²) < 4.78 is 0. The Kier molecular flexibility index (Phi) is 1.67. The second-order valence-electron chi connectivity index (χ2n) is 1.79. The molecule has 0 atom stereocenters. The number of hydrogen-bond donors (Lipinski definition) is 2. The molecule has 0 aromatic rings. The molecule has 1 aliphatic heterocycles. The molecule has 0 saturated carbocycles. The van der Waals surface area contributed by atoms with Crippen molar-refractivity contribution >= 4 is 11.7 Å². The molecular formula is C5H9N3O. The molecule has 50 valence electrons. The van der Waals surface area contributed by atoms with Crippen molar-refractivity contribution in [3.8, 4) is 0 Å². The summed E-state index contributed by atoms with van der Waals surface area (Å²) in [7, 11) is 0. The fourth-order valence-electron chi connectivity index (χ4n) is 0.588. The van der Waals surface area contributed by atoms with Gasteiger partial charge in [0.05, 0.1) is 0 Å². The van der Waals surface area contributed by atoms with Crippen LogP contribution in [-0.4, -0.2) is 18.3 Å². The second-order valence-corrected chi connectivity index (χ2v) is 1.79. The third-order valence-electron chi connectivity index (χ3n) is 1.09. The predicted molar refractivity (Wildman–Crippen MR) is 33.9 cm³/mol. The van der Waals surface area contributed by atoms with Gasteiger partial charge in [-0.1, -0.05) is 6.92 Å². The molecule has 0 aromatic carbocycles. The average Bonchev–Trinajstić information content (AvgIpc) is 1.90. The Morgan fingerprint density at radius 3 is 2.89 bits per heavy atom. The number of carbonyl (C=O) groups excluding carboxylic acids is 1. The number of hydrogen-bond acceptors (Lipinski definition) is 3. The fourth-order valence-corrected chi connectivity index (χ4v) is 0.588. The third kappa shape index (κ3) is 1.42. The Balaban J connectivity index is 2.50. The molecule has 4 nitrogen and oxygen atoms in total. The summed E-state index contributed by atoms with van der Waals surface area (Å²) in [6.45, 7) is 2.24. The highest BCUT2D eigenvalue weighted by atomic mass is 16.2. The summed E-state index contributed by atoms with van der Waals surface area (Å²) in [5, 5.41) is 0. The van der Waals surface area contributed by atoms with E-state index in [1.54, 1.807) is 0 Å². The molecule has 1 aliphatic rings. The van der Waals surface area contributed by atoms with Gasteiger partial charge in [0.1, 0.15) is 12.4 Å². The number of aliphatic imine (C=N–C) groups is 1. The first-order chi connectivity index (χ1) is 4.33.